The summed E-state index contributed by atoms with van der Waals surface area (Å²) in [5, 5.41) is 0. The second-order valence-electron chi connectivity index (χ2n) is 6.94. The van der Waals surface area contributed by atoms with Crippen LogP contribution in [0.1, 0.15) is 72.6 Å². The Morgan fingerprint density at radius 1 is 0.739 bits per heavy atom. The van der Waals surface area contributed by atoms with Gasteiger partial charge in [-0.15, -0.1) is 0 Å². The van der Waals surface area contributed by atoms with Gasteiger partial charge in [-0.2, -0.15) is 0 Å². The average Bonchev–Trinajstić information content (AvgIpc) is 2.62. The smallest absolute Gasteiger partial charge is 0.00271 e. The van der Waals surface area contributed by atoms with Crippen LogP contribution in [0.15, 0.2) is 46.6 Å². The van der Waals surface area contributed by atoms with Crippen molar-refractivity contribution >= 4 is 0 Å². The molecule has 0 heteroatoms. The molecule has 0 nitrogen and oxygen atoms in total. The topological polar surface area (TPSA) is 0 Å². The van der Waals surface area contributed by atoms with Crippen molar-refractivity contribution in [3.8, 4) is 11.8 Å². The fourth-order valence-corrected chi connectivity index (χ4v) is 3.50. The first-order valence-electron chi connectivity index (χ1n) is 9.49. The van der Waals surface area contributed by atoms with Crippen LogP contribution in [0.4, 0.5) is 0 Å². The minimum absolute atomic E-state index is 0.718. The summed E-state index contributed by atoms with van der Waals surface area (Å²) in [4.78, 5) is 0. The summed E-state index contributed by atoms with van der Waals surface area (Å²) in [5.74, 6) is 8.31. The van der Waals surface area contributed by atoms with Gasteiger partial charge in [0, 0.05) is 11.1 Å². The molecule has 0 fully saturated rings. The monoisotopic (exact) mass is 308 g/mol. The maximum Gasteiger partial charge on any atom is 0.00271 e. The highest BCUT2D eigenvalue weighted by molar-refractivity contribution is 5.44. The minimum atomic E-state index is 0.718. The minimum Gasteiger partial charge on any atom is -0.0670 e. The van der Waals surface area contributed by atoms with E-state index in [-0.39, 0.29) is 0 Å². The van der Waals surface area contributed by atoms with Crippen LogP contribution in [0.2, 0.25) is 0 Å². The van der Waals surface area contributed by atoms with E-state index in [0.29, 0.717) is 0 Å². The van der Waals surface area contributed by atoms with E-state index in [1.54, 1.807) is 11.1 Å². The molecule has 2 rings (SSSR count). The Morgan fingerprint density at radius 3 is 1.65 bits per heavy atom. The Bertz CT molecular complexity index is 579. The summed E-state index contributed by atoms with van der Waals surface area (Å²) in [6, 6.07) is 0. The van der Waals surface area contributed by atoms with Crippen LogP contribution in [-0.2, 0) is 0 Å². The fraction of sp³-hybridized carbons (Fsp3) is 0.565. The van der Waals surface area contributed by atoms with Crippen molar-refractivity contribution in [1.29, 1.82) is 0 Å². The molecular formula is C23H32. The van der Waals surface area contributed by atoms with E-state index in [4.69, 9.17) is 0 Å². The van der Waals surface area contributed by atoms with Gasteiger partial charge < -0.3 is 0 Å². The molecule has 124 valence electrons. The van der Waals surface area contributed by atoms with Gasteiger partial charge in [-0.05, 0) is 56.8 Å². The van der Waals surface area contributed by atoms with Crippen molar-refractivity contribution in [1.82, 2.24) is 0 Å². The SMILES string of the molecule is CCC(C)C1=CC=C(C#CC2=CC=C(C(CC)CC)CC2)CC1. The van der Waals surface area contributed by atoms with Gasteiger partial charge in [-0.1, -0.05) is 75.0 Å². The Hall–Kier alpha value is -1.48. The second-order valence-corrected chi connectivity index (χ2v) is 6.94. The van der Waals surface area contributed by atoms with Crippen LogP contribution in [0.3, 0.4) is 0 Å². The van der Waals surface area contributed by atoms with Gasteiger partial charge >= 0.3 is 0 Å². The van der Waals surface area contributed by atoms with Crippen molar-refractivity contribution in [2.75, 3.05) is 0 Å². The Kier molecular flexibility index (Phi) is 6.97. The average molecular weight is 309 g/mol. The zero-order chi connectivity index (χ0) is 16.7. The van der Waals surface area contributed by atoms with Crippen molar-refractivity contribution < 1.29 is 0 Å². The van der Waals surface area contributed by atoms with Crippen LogP contribution < -0.4 is 0 Å². The molecule has 0 saturated carbocycles. The molecule has 0 aromatic carbocycles. The van der Waals surface area contributed by atoms with Gasteiger partial charge in [-0.25, -0.2) is 0 Å². The predicted octanol–water partition coefficient (Wildman–Crippen LogP) is 6.77. The van der Waals surface area contributed by atoms with E-state index in [1.165, 1.54) is 43.3 Å². The number of rotatable bonds is 5. The summed E-state index contributed by atoms with van der Waals surface area (Å²) >= 11 is 0. The first-order chi connectivity index (χ1) is 11.2. The molecule has 0 aromatic rings. The standard InChI is InChI=1S/C23H32/c1-5-18(4)22-14-10-19(11-15-22)8-9-20-12-16-23(17-13-20)21(6-2)7-3/h10,12,14,16,18,21H,5-7,11,13,15,17H2,1-4H3. The highest BCUT2D eigenvalue weighted by atomic mass is 14.2. The maximum atomic E-state index is 3.41. The molecule has 2 aliphatic rings. The Labute approximate surface area is 143 Å². The summed E-state index contributed by atoms with van der Waals surface area (Å²) in [6.07, 6.45) is 17.5. The van der Waals surface area contributed by atoms with Crippen molar-refractivity contribution in [3.05, 3.63) is 46.6 Å². The zero-order valence-electron chi connectivity index (χ0n) is 15.4. The normalized spacial score (nSPS) is 19.2. The maximum absolute atomic E-state index is 3.41. The fourth-order valence-electron chi connectivity index (χ4n) is 3.50. The summed E-state index contributed by atoms with van der Waals surface area (Å²) < 4.78 is 0. The summed E-state index contributed by atoms with van der Waals surface area (Å²) in [7, 11) is 0. The predicted molar refractivity (Wildman–Crippen MR) is 102 cm³/mol. The van der Waals surface area contributed by atoms with E-state index >= 15 is 0 Å². The lowest BCUT2D eigenvalue weighted by atomic mass is 9.86. The summed E-state index contributed by atoms with van der Waals surface area (Å²) in [6.45, 7) is 9.19. The van der Waals surface area contributed by atoms with Crippen LogP contribution in [0, 0.1) is 23.7 Å². The quantitative estimate of drug-likeness (QED) is 0.492. The molecule has 0 aromatic heterocycles. The molecule has 2 aliphatic carbocycles. The third kappa shape index (κ3) is 5.00. The Morgan fingerprint density at radius 2 is 1.26 bits per heavy atom. The molecule has 1 unspecified atom stereocenters. The van der Waals surface area contributed by atoms with Gasteiger partial charge in [0.1, 0.15) is 0 Å². The van der Waals surface area contributed by atoms with E-state index < -0.39 is 0 Å². The van der Waals surface area contributed by atoms with Crippen molar-refractivity contribution in [2.24, 2.45) is 11.8 Å². The molecule has 0 heterocycles. The molecule has 0 saturated heterocycles. The van der Waals surface area contributed by atoms with Crippen molar-refractivity contribution in [3.63, 3.8) is 0 Å². The van der Waals surface area contributed by atoms with Gasteiger partial charge in [-0.3, -0.25) is 0 Å². The highest BCUT2D eigenvalue weighted by Gasteiger charge is 2.13. The van der Waals surface area contributed by atoms with Crippen LogP contribution in [-0.4, -0.2) is 0 Å². The molecule has 0 amide bonds. The lowest BCUT2D eigenvalue weighted by molar-refractivity contribution is 0.547. The van der Waals surface area contributed by atoms with E-state index in [0.717, 1.165) is 24.7 Å². The van der Waals surface area contributed by atoms with Crippen molar-refractivity contribution in [2.45, 2.75) is 72.6 Å². The number of hydrogen-bond acceptors (Lipinski definition) is 0. The molecular weight excluding hydrogens is 276 g/mol. The van der Waals surface area contributed by atoms with Crippen LogP contribution in [0.25, 0.3) is 0 Å². The molecule has 1 atom stereocenters. The summed E-state index contributed by atoms with van der Waals surface area (Å²) in [5.41, 5.74) is 5.82. The highest BCUT2D eigenvalue weighted by Crippen LogP contribution is 2.29. The van der Waals surface area contributed by atoms with Gasteiger partial charge in [0.05, 0.1) is 0 Å². The number of allylic oxidation sites excluding steroid dienone is 8. The first kappa shape index (κ1) is 17.9. The molecule has 23 heavy (non-hydrogen) atoms. The second kappa shape index (κ2) is 8.97. The molecule has 0 N–H and O–H groups in total. The largest absolute Gasteiger partial charge is 0.0670 e. The number of hydrogen-bond donors (Lipinski definition) is 0. The van der Waals surface area contributed by atoms with E-state index in [2.05, 4.69) is 63.8 Å². The van der Waals surface area contributed by atoms with Gasteiger partial charge in [0.2, 0.25) is 0 Å². The van der Waals surface area contributed by atoms with Crippen LogP contribution >= 0.6 is 0 Å². The lowest BCUT2D eigenvalue weighted by Crippen LogP contribution is -2.04. The van der Waals surface area contributed by atoms with Gasteiger partial charge in [0.25, 0.3) is 0 Å². The van der Waals surface area contributed by atoms with Crippen LogP contribution in [0.5, 0.6) is 0 Å². The molecule has 0 radical (unpaired) electrons. The lowest BCUT2D eigenvalue weighted by Gasteiger charge is -2.19. The third-order valence-electron chi connectivity index (χ3n) is 5.50. The van der Waals surface area contributed by atoms with E-state index in [1.807, 2.05) is 0 Å². The third-order valence-corrected chi connectivity index (χ3v) is 5.50. The molecule has 0 aliphatic heterocycles. The molecule has 0 spiro atoms. The molecule has 0 bridgehead atoms. The Balaban J connectivity index is 2.01. The zero-order valence-corrected chi connectivity index (χ0v) is 15.4. The van der Waals surface area contributed by atoms with Gasteiger partial charge in [0.15, 0.2) is 0 Å². The first-order valence-corrected chi connectivity index (χ1v) is 9.49. The van der Waals surface area contributed by atoms with E-state index in [9.17, 15) is 0 Å².